The second kappa shape index (κ2) is 4.94. The lowest BCUT2D eigenvalue weighted by molar-refractivity contribution is -0.0190. The number of nitrogens with zero attached hydrogens (tertiary/aromatic N) is 1. The number of likely N-dealkylation sites (N-methyl/N-ethyl adjacent to an activating group) is 1. The fraction of sp³-hybridized carbons (Fsp3) is 1.00. The molecule has 1 saturated heterocycles. The van der Waals surface area contributed by atoms with E-state index >= 15 is 0 Å². The number of nitrogens with one attached hydrogen (secondary N) is 1. The Balaban J connectivity index is 2.53. The molecule has 13 heavy (non-hydrogen) atoms. The van der Waals surface area contributed by atoms with Crippen LogP contribution in [0.1, 0.15) is 19.3 Å². The largest absolute Gasteiger partial charge is 0.377 e. The number of rotatable bonds is 3. The van der Waals surface area contributed by atoms with Crippen LogP contribution in [0.3, 0.4) is 0 Å². The molecule has 1 aliphatic heterocycles. The summed E-state index contributed by atoms with van der Waals surface area (Å²) in [5, 5.41) is 3.23. The van der Waals surface area contributed by atoms with Gasteiger partial charge >= 0.3 is 0 Å². The van der Waals surface area contributed by atoms with Crippen LogP contribution in [0.25, 0.3) is 0 Å². The number of likely N-dealkylation sites (tertiary alicyclic amines) is 1. The lowest BCUT2D eigenvalue weighted by atomic mass is 9.94. The molecule has 0 aromatic heterocycles. The molecule has 1 rings (SSSR count). The Morgan fingerprint density at radius 3 is 2.77 bits per heavy atom. The first kappa shape index (κ1) is 11.0. The third kappa shape index (κ3) is 2.93. The molecule has 1 unspecified atom stereocenters. The second-order valence-electron chi connectivity index (χ2n) is 4.07. The molecular weight excluding hydrogens is 164 g/mol. The molecule has 3 heteroatoms. The van der Waals surface area contributed by atoms with Crippen LogP contribution < -0.4 is 5.32 Å². The summed E-state index contributed by atoms with van der Waals surface area (Å²) < 4.78 is 5.66. The maximum atomic E-state index is 5.66. The van der Waals surface area contributed by atoms with Gasteiger partial charge in [-0.25, -0.2) is 0 Å². The van der Waals surface area contributed by atoms with Crippen molar-refractivity contribution in [1.29, 1.82) is 0 Å². The molecule has 1 N–H and O–H groups in total. The maximum absolute atomic E-state index is 5.66. The molecule has 1 heterocycles. The molecule has 0 amide bonds. The van der Waals surface area contributed by atoms with Crippen molar-refractivity contribution in [3.8, 4) is 0 Å². The first-order chi connectivity index (χ1) is 6.22. The summed E-state index contributed by atoms with van der Waals surface area (Å²) in [6, 6.07) is 0. The summed E-state index contributed by atoms with van der Waals surface area (Å²) in [5.74, 6) is 0. The SMILES string of the molecule is CNCC1(OC)CCCN(C)CC1. The predicted octanol–water partition coefficient (Wildman–Crippen LogP) is 0.707. The number of methoxy groups -OCH3 is 1. The lowest BCUT2D eigenvalue weighted by Gasteiger charge is -2.31. The summed E-state index contributed by atoms with van der Waals surface area (Å²) in [6.45, 7) is 3.32. The van der Waals surface area contributed by atoms with Crippen molar-refractivity contribution in [3.05, 3.63) is 0 Å². The number of hydrogen-bond acceptors (Lipinski definition) is 3. The minimum Gasteiger partial charge on any atom is -0.377 e. The highest BCUT2D eigenvalue weighted by molar-refractivity contribution is 4.86. The summed E-state index contributed by atoms with van der Waals surface area (Å²) in [5.41, 5.74) is 0.0828. The van der Waals surface area contributed by atoms with Crippen molar-refractivity contribution in [3.63, 3.8) is 0 Å². The average Bonchev–Trinajstić information content (AvgIpc) is 2.30. The van der Waals surface area contributed by atoms with E-state index in [2.05, 4.69) is 17.3 Å². The molecule has 0 aliphatic carbocycles. The van der Waals surface area contributed by atoms with E-state index in [1.54, 1.807) is 0 Å². The first-order valence-electron chi connectivity index (χ1n) is 5.11. The van der Waals surface area contributed by atoms with Gasteiger partial charge in [0.05, 0.1) is 5.60 Å². The smallest absolute Gasteiger partial charge is 0.0815 e. The molecular formula is C10H22N2O. The summed E-state index contributed by atoms with van der Waals surface area (Å²) in [6.07, 6.45) is 3.56. The van der Waals surface area contributed by atoms with Crippen LogP contribution in [-0.4, -0.2) is 51.3 Å². The lowest BCUT2D eigenvalue weighted by Crippen LogP contribution is -2.41. The summed E-state index contributed by atoms with van der Waals surface area (Å²) in [4.78, 5) is 2.39. The zero-order chi connectivity index (χ0) is 9.73. The van der Waals surface area contributed by atoms with Gasteiger partial charge in [0.1, 0.15) is 0 Å². The summed E-state index contributed by atoms with van der Waals surface area (Å²) in [7, 11) is 6.02. The molecule has 1 aliphatic rings. The second-order valence-corrected chi connectivity index (χ2v) is 4.07. The van der Waals surface area contributed by atoms with Crippen LogP contribution in [0.2, 0.25) is 0 Å². The van der Waals surface area contributed by atoms with Crippen LogP contribution in [-0.2, 0) is 4.74 Å². The van der Waals surface area contributed by atoms with Gasteiger partial charge in [-0.1, -0.05) is 0 Å². The molecule has 0 aromatic rings. The Morgan fingerprint density at radius 1 is 1.38 bits per heavy atom. The van der Waals surface area contributed by atoms with Crippen molar-refractivity contribution < 1.29 is 4.74 Å². The van der Waals surface area contributed by atoms with Crippen LogP contribution in [0.5, 0.6) is 0 Å². The molecule has 1 atom stereocenters. The Hall–Kier alpha value is -0.120. The fourth-order valence-corrected chi connectivity index (χ4v) is 2.08. The van der Waals surface area contributed by atoms with E-state index in [0.717, 1.165) is 19.5 Å². The van der Waals surface area contributed by atoms with Crippen molar-refractivity contribution in [1.82, 2.24) is 10.2 Å². The van der Waals surface area contributed by atoms with Crippen LogP contribution in [0.4, 0.5) is 0 Å². The third-order valence-corrected chi connectivity index (χ3v) is 3.05. The van der Waals surface area contributed by atoms with Crippen molar-refractivity contribution in [2.24, 2.45) is 0 Å². The highest BCUT2D eigenvalue weighted by Crippen LogP contribution is 2.24. The van der Waals surface area contributed by atoms with E-state index in [-0.39, 0.29) is 5.60 Å². The van der Waals surface area contributed by atoms with E-state index in [0.29, 0.717) is 0 Å². The molecule has 0 aromatic carbocycles. The highest BCUT2D eigenvalue weighted by atomic mass is 16.5. The third-order valence-electron chi connectivity index (χ3n) is 3.05. The van der Waals surface area contributed by atoms with Gasteiger partial charge in [-0.05, 0) is 39.9 Å². The van der Waals surface area contributed by atoms with E-state index < -0.39 is 0 Å². The van der Waals surface area contributed by atoms with Gasteiger partial charge in [-0.3, -0.25) is 0 Å². The normalized spacial score (nSPS) is 31.6. The van der Waals surface area contributed by atoms with E-state index in [4.69, 9.17) is 4.74 Å². The molecule has 0 saturated carbocycles. The molecule has 3 nitrogen and oxygen atoms in total. The van der Waals surface area contributed by atoms with Crippen LogP contribution >= 0.6 is 0 Å². The van der Waals surface area contributed by atoms with Gasteiger partial charge in [0.25, 0.3) is 0 Å². The minimum atomic E-state index is 0.0828. The molecule has 0 spiro atoms. The number of ether oxygens (including phenoxy) is 1. The molecule has 0 radical (unpaired) electrons. The zero-order valence-electron chi connectivity index (χ0n) is 9.10. The van der Waals surface area contributed by atoms with Crippen molar-refractivity contribution in [2.75, 3.05) is 40.8 Å². The number of hydrogen-bond donors (Lipinski definition) is 1. The maximum Gasteiger partial charge on any atom is 0.0815 e. The standard InChI is InChI=1S/C10H22N2O/c1-11-9-10(13-3)5-4-7-12(2)8-6-10/h11H,4-9H2,1-3H3. The summed E-state index contributed by atoms with van der Waals surface area (Å²) >= 11 is 0. The first-order valence-corrected chi connectivity index (χ1v) is 5.11. The van der Waals surface area contributed by atoms with Crippen LogP contribution in [0.15, 0.2) is 0 Å². The van der Waals surface area contributed by atoms with Gasteiger partial charge in [-0.2, -0.15) is 0 Å². The van der Waals surface area contributed by atoms with E-state index in [1.807, 2.05) is 14.2 Å². The Labute approximate surface area is 81.4 Å². The van der Waals surface area contributed by atoms with Crippen molar-refractivity contribution in [2.45, 2.75) is 24.9 Å². The highest BCUT2D eigenvalue weighted by Gasteiger charge is 2.30. The van der Waals surface area contributed by atoms with E-state index in [9.17, 15) is 0 Å². The molecule has 0 bridgehead atoms. The fourth-order valence-electron chi connectivity index (χ4n) is 2.08. The Bertz CT molecular complexity index is 152. The minimum absolute atomic E-state index is 0.0828. The van der Waals surface area contributed by atoms with Gasteiger partial charge in [-0.15, -0.1) is 0 Å². The van der Waals surface area contributed by atoms with E-state index in [1.165, 1.54) is 19.4 Å². The van der Waals surface area contributed by atoms with Gasteiger partial charge < -0.3 is 15.0 Å². The quantitative estimate of drug-likeness (QED) is 0.702. The Morgan fingerprint density at radius 2 is 2.15 bits per heavy atom. The Kier molecular flexibility index (Phi) is 4.16. The topological polar surface area (TPSA) is 24.5 Å². The molecule has 78 valence electrons. The zero-order valence-corrected chi connectivity index (χ0v) is 9.10. The van der Waals surface area contributed by atoms with Gasteiger partial charge in [0.2, 0.25) is 0 Å². The predicted molar refractivity (Wildman–Crippen MR) is 55.0 cm³/mol. The van der Waals surface area contributed by atoms with Gasteiger partial charge in [0.15, 0.2) is 0 Å². The monoisotopic (exact) mass is 186 g/mol. The average molecular weight is 186 g/mol. The van der Waals surface area contributed by atoms with Gasteiger partial charge in [0, 0.05) is 20.2 Å². The van der Waals surface area contributed by atoms with Crippen molar-refractivity contribution >= 4 is 0 Å². The molecule has 1 fully saturated rings. The van der Waals surface area contributed by atoms with Crippen LogP contribution in [0, 0.1) is 0 Å².